The summed E-state index contributed by atoms with van der Waals surface area (Å²) < 4.78 is 28.6. The molecule has 3 aromatic rings. The number of nitrogens with zero attached hydrogens (tertiary/aromatic N) is 2. The number of rotatable bonds is 6. The Labute approximate surface area is 186 Å². The Bertz CT molecular complexity index is 1240. The van der Waals surface area contributed by atoms with E-state index in [-0.39, 0.29) is 23.5 Å². The van der Waals surface area contributed by atoms with Gasteiger partial charge in [0, 0.05) is 17.5 Å². The highest BCUT2D eigenvalue weighted by Gasteiger charge is 2.24. The van der Waals surface area contributed by atoms with Crippen LogP contribution in [0.3, 0.4) is 0 Å². The predicted octanol–water partition coefficient (Wildman–Crippen LogP) is 4.78. The minimum absolute atomic E-state index is 0.104. The molecule has 0 saturated heterocycles. The number of allylic oxidation sites excluding steroid dienone is 1. The lowest BCUT2D eigenvalue weighted by Gasteiger charge is -2.17. The SMILES string of the molecule is C=CCn1c(SCC(=O)Nc2cc(F)ccc2F)nc2sc3c(c2c1=O)CCC(C)C3. The van der Waals surface area contributed by atoms with Gasteiger partial charge in [-0.05, 0) is 42.9 Å². The third kappa shape index (κ3) is 4.43. The van der Waals surface area contributed by atoms with E-state index in [1.54, 1.807) is 17.4 Å². The van der Waals surface area contributed by atoms with Crippen molar-refractivity contribution in [3.8, 4) is 0 Å². The van der Waals surface area contributed by atoms with E-state index < -0.39 is 17.5 Å². The first-order valence-electron chi connectivity index (χ1n) is 9.91. The summed E-state index contributed by atoms with van der Waals surface area (Å²) in [4.78, 5) is 32.1. The molecule has 2 heterocycles. The summed E-state index contributed by atoms with van der Waals surface area (Å²) >= 11 is 2.63. The molecule has 0 saturated carbocycles. The van der Waals surface area contributed by atoms with Gasteiger partial charge in [-0.3, -0.25) is 14.2 Å². The number of fused-ring (bicyclic) bond motifs is 3. The van der Waals surface area contributed by atoms with Crippen LogP contribution in [0.25, 0.3) is 10.2 Å². The highest BCUT2D eigenvalue weighted by atomic mass is 32.2. The predicted molar refractivity (Wildman–Crippen MR) is 121 cm³/mol. The van der Waals surface area contributed by atoms with Crippen LogP contribution in [0.5, 0.6) is 0 Å². The van der Waals surface area contributed by atoms with Crippen molar-refractivity contribution in [2.24, 2.45) is 5.92 Å². The topological polar surface area (TPSA) is 64.0 Å². The monoisotopic (exact) mass is 461 g/mol. The smallest absolute Gasteiger partial charge is 0.263 e. The van der Waals surface area contributed by atoms with E-state index in [2.05, 4.69) is 23.8 Å². The van der Waals surface area contributed by atoms with E-state index in [1.807, 2.05) is 0 Å². The van der Waals surface area contributed by atoms with Gasteiger partial charge in [-0.15, -0.1) is 17.9 Å². The van der Waals surface area contributed by atoms with E-state index in [1.165, 1.54) is 9.44 Å². The Morgan fingerprint density at radius 2 is 2.26 bits per heavy atom. The second-order valence-corrected chi connectivity index (χ2v) is 9.62. The molecule has 2 aromatic heterocycles. The first kappa shape index (κ1) is 21.7. The summed E-state index contributed by atoms with van der Waals surface area (Å²) in [5.74, 6) is -1.41. The molecule has 31 heavy (non-hydrogen) atoms. The molecule has 1 aromatic carbocycles. The zero-order valence-corrected chi connectivity index (χ0v) is 18.5. The molecule has 1 unspecified atom stereocenters. The molecule has 0 bridgehead atoms. The van der Waals surface area contributed by atoms with Crippen LogP contribution < -0.4 is 10.9 Å². The third-order valence-electron chi connectivity index (χ3n) is 5.23. The molecular weight excluding hydrogens is 440 g/mol. The molecule has 1 atom stereocenters. The average Bonchev–Trinajstić information content (AvgIpc) is 3.09. The molecule has 0 fully saturated rings. The van der Waals surface area contributed by atoms with Crippen LogP contribution in [-0.4, -0.2) is 21.2 Å². The molecule has 1 amide bonds. The number of aromatic nitrogens is 2. The fraction of sp³-hybridized carbons (Fsp3) is 0.318. The molecule has 0 aliphatic heterocycles. The summed E-state index contributed by atoms with van der Waals surface area (Å²) in [5, 5.41) is 3.43. The second-order valence-electron chi connectivity index (χ2n) is 7.59. The molecule has 1 aliphatic rings. The highest BCUT2D eigenvalue weighted by molar-refractivity contribution is 7.99. The van der Waals surface area contributed by atoms with Gasteiger partial charge in [-0.2, -0.15) is 0 Å². The quantitative estimate of drug-likeness (QED) is 0.326. The van der Waals surface area contributed by atoms with Crippen molar-refractivity contribution >= 4 is 44.9 Å². The number of anilines is 1. The zero-order chi connectivity index (χ0) is 22.1. The standard InChI is InChI=1S/C22H21F2N3O2S2/c1-3-8-27-21(29)19-14-6-4-12(2)9-17(14)31-20(19)26-22(27)30-11-18(28)25-16-10-13(23)5-7-15(16)24/h3,5,7,10,12H,1,4,6,8-9,11H2,2H3,(H,25,28). The van der Waals surface area contributed by atoms with Crippen LogP contribution in [0.1, 0.15) is 23.8 Å². The van der Waals surface area contributed by atoms with Crippen molar-refractivity contribution < 1.29 is 13.6 Å². The van der Waals surface area contributed by atoms with Gasteiger partial charge in [0.25, 0.3) is 5.56 Å². The van der Waals surface area contributed by atoms with Crippen molar-refractivity contribution in [3.05, 3.63) is 63.3 Å². The van der Waals surface area contributed by atoms with Crippen molar-refractivity contribution in [1.82, 2.24) is 9.55 Å². The lowest BCUT2D eigenvalue weighted by Crippen LogP contribution is -2.24. The normalized spacial score (nSPS) is 15.6. The molecule has 9 heteroatoms. The Hall–Kier alpha value is -2.52. The van der Waals surface area contributed by atoms with Crippen LogP contribution in [0.2, 0.25) is 0 Å². The first-order valence-corrected chi connectivity index (χ1v) is 11.7. The maximum absolute atomic E-state index is 13.8. The first-order chi connectivity index (χ1) is 14.9. The summed E-state index contributed by atoms with van der Waals surface area (Å²) in [5.41, 5.74) is 0.748. The van der Waals surface area contributed by atoms with Gasteiger partial charge < -0.3 is 5.32 Å². The second kappa shape index (κ2) is 8.92. The van der Waals surface area contributed by atoms with Crippen LogP contribution >= 0.6 is 23.1 Å². The van der Waals surface area contributed by atoms with Crippen molar-refractivity contribution in [2.45, 2.75) is 37.9 Å². The lowest BCUT2D eigenvalue weighted by molar-refractivity contribution is -0.113. The number of carbonyl (C=O) groups excluding carboxylic acids is 1. The summed E-state index contributed by atoms with van der Waals surface area (Å²) in [6.45, 7) is 6.20. The number of halogens is 2. The molecule has 0 radical (unpaired) electrons. The highest BCUT2D eigenvalue weighted by Crippen LogP contribution is 2.36. The zero-order valence-electron chi connectivity index (χ0n) is 16.9. The van der Waals surface area contributed by atoms with E-state index in [0.717, 1.165) is 54.8 Å². The summed E-state index contributed by atoms with van der Waals surface area (Å²) in [6.07, 6.45) is 4.48. The van der Waals surface area contributed by atoms with Crippen LogP contribution in [0, 0.1) is 17.6 Å². The van der Waals surface area contributed by atoms with Gasteiger partial charge in [0.05, 0.1) is 16.8 Å². The number of thioether (sulfide) groups is 1. The van der Waals surface area contributed by atoms with Crippen molar-refractivity contribution in [2.75, 3.05) is 11.1 Å². The third-order valence-corrected chi connectivity index (χ3v) is 7.35. The average molecular weight is 462 g/mol. The molecule has 162 valence electrons. The molecule has 1 aliphatic carbocycles. The molecular formula is C22H21F2N3O2S2. The number of hydrogen-bond acceptors (Lipinski definition) is 5. The van der Waals surface area contributed by atoms with Gasteiger partial charge >= 0.3 is 0 Å². The number of amides is 1. The maximum Gasteiger partial charge on any atom is 0.263 e. The van der Waals surface area contributed by atoms with E-state index in [0.29, 0.717) is 21.3 Å². The molecule has 5 nitrogen and oxygen atoms in total. The Morgan fingerprint density at radius 1 is 1.45 bits per heavy atom. The van der Waals surface area contributed by atoms with Crippen LogP contribution in [0.4, 0.5) is 14.5 Å². The van der Waals surface area contributed by atoms with Gasteiger partial charge in [0.2, 0.25) is 5.91 Å². The Balaban J connectivity index is 1.61. The van der Waals surface area contributed by atoms with Gasteiger partial charge in [-0.25, -0.2) is 13.8 Å². The van der Waals surface area contributed by atoms with Crippen molar-refractivity contribution in [1.29, 1.82) is 0 Å². The number of hydrogen-bond donors (Lipinski definition) is 1. The number of thiophene rings is 1. The van der Waals surface area contributed by atoms with E-state index in [4.69, 9.17) is 0 Å². The Morgan fingerprint density at radius 3 is 3.03 bits per heavy atom. The fourth-order valence-electron chi connectivity index (χ4n) is 3.71. The van der Waals surface area contributed by atoms with E-state index >= 15 is 0 Å². The van der Waals surface area contributed by atoms with Crippen LogP contribution in [0.15, 0.2) is 40.8 Å². The summed E-state index contributed by atoms with van der Waals surface area (Å²) in [6, 6.07) is 2.86. The maximum atomic E-state index is 13.8. The minimum Gasteiger partial charge on any atom is -0.323 e. The summed E-state index contributed by atoms with van der Waals surface area (Å²) in [7, 11) is 0. The number of carbonyl (C=O) groups is 1. The largest absolute Gasteiger partial charge is 0.323 e. The number of benzene rings is 1. The fourth-order valence-corrected chi connectivity index (χ4v) is 5.95. The number of aryl methyl sites for hydroxylation is 1. The Kier molecular flexibility index (Phi) is 6.24. The minimum atomic E-state index is -0.721. The van der Waals surface area contributed by atoms with Crippen LogP contribution in [-0.2, 0) is 24.2 Å². The molecule has 1 N–H and O–H groups in total. The lowest BCUT2D eigenvalue weighted by atomic mass is 9.89. The molecule has 4 rings (SSSR count). The van der Waals surface area contributed by atoms with E-state index in [9.17, 15) is 18.4 Å². The number of nitrogens with one attached hydrogen (secondary N) is 1. The molecule has 0 spiro atoms. The van der Waals surface area contributed by atoms with Gasteiger partial charge in [0.1, 0.15) is 16.5 Å². The van der Waals surface area contributed by atoms with Gasteiger partial charge in [-0.1, -0.05) is 24.8 Å². The van der Waals surface area contributed by atoms with Crippen molar-refractivity contribution in [3.63, 3.8) is 0 Å². The van der Waals surface area contributed by atoms with Gasteiger partial charge in [0.15, 0.2) is 5.16 Å².